The number of anilines is 1. The molecule has 96 valence electrons. The molecule has 0 atom stereocenters. The highest BCUT2D eigenvalue weighted by molar-refractivity contribution is 7.99. The number of hydrogen-bond acceptors (Lipinski definition) is 5. The zero-order valence-corrected chi connectivity index (χ0v) is 11.1. The zero-order valence-electron chi connectivity index (χ0n) is 10.3. The first-order chi connectivity index (χ1) is 8.81. The van der Waals surface area contributed by atoms with Crippen LogP contribution in [0.5, 0.6) is 0 Å². The van der Waals surface area contributed by atoms with Gasteiger partial charge in [-0.1, -0.05) is 11.8 Å². The summed E-state index contributed by atoms with van der Waals surface area (Å²) >= 11 is 1.68. The van der Waals surface area contributed by atoms with Gasteiger partial charge in [0.25, 0.3) is 5.22 Å². The lowest BCUT2D eigenvalue weighted by Crippen LogP contribution is -2.21. The average molecular weight is 263 g/mol. The Morgan fingerprint density at radius 3 is 3.00 bits per heavy atom. The van der Waals surface area contributed by atoms with Gasteiger partial charge >= 0.3 is 0 Å². The van der Waals surface area contributed by atoms with E-state index in [1.54, 1.807) is 11.8 Å². The molecule has 0 radical (unpaired) electrons. The first kappa shape index (κ1) is 11.9. The maximum absolute atomic E-state index is 5.71. The molecule has 0 spiro atoms. The van der Waals surface area contributed by atoms with Crippen LogP contribution in [0.2, 0.25) is 0 Å². The van der Waals surface area contributed by atoms with Crippen LogP contribution in [0.3, 0.4) is 0 Å². The predicted octanol–water partition coefficient (Wildman–Crippen LogP) is 2.60. The Kier molecular flexibility index (Phi) is 3.43. The molecule has 1 aromatic heterocycles. The summed E-state index contributed by atoms with van der Waals surface area (Å²) in [6.07, 6.45) is 2.68. The van der Waals surface area contributed by atoms with Crippen molar-refractivity contribution in [3.05, 3.63) is 18.2 Å². The average Bonchev–Trinajstić information content (AvgIpc) is 2.97. The van der Waals surface area contributed by atoms with Gasteiger partial charge in [-0.05, 0) is 38.1 Å². The molecule has 1 aliphatic heterocycles. The first-order valence-corrected chi connectivity index (χ1v) is 7.31. The standard InChI is InChI=1S/C13H17N3OS/c14-10-3-4-11-12(9-10)17-13(15-11)18-8-7-16-5-1-2-6-16/h3-4,9H,1-2,5-8,14H2. The Bertz CT molecular complexity index is 534. The number of fused-ring (bicyclic) bond motifs is 1. The summed E-state index contributed by atoms with van der Waals surface area (Å²) in [6.45, 7) is 3.60. The van der Waals surface area contributed by atoms with Gasteiger partial charge in [-0.3, -0.25) is 0 Å². The molecule has 5 heteroatoms. The van der Waals surface area contributed by atoms with Crippen LogP contribution in [0.15, 0.2) is 27.8 Å². The second kappa shape index (κ2) is 5.20. The summed E-state index contributed by atoms with van der Waals surface area (Å²) in [5.41, 5.74) is 8.09. The summed E-state index contributed by atoms with van der Waals surface area (Å²) in [5, 5.41) is 0.745. The molecule has 2 N–H and O–H groups in total. The van der Waals surface area contributed by atoms with Crippen molar-refractivity contribution in [2.45, 2.75) is 18.1 Å². The van der Waals surface area contributed by atoms with Gasteiger partial charge < -0.3 is 15.1 Å². The van der Waals surface area contributed by atoms with Crippen LogP contribution in [0.1, 0.15) is 12.8 Å². The number of likely N-dealkylation sites (tertiary alicyclic amines) is 1. The molecule has 1 aliphatic rings. The molecule has 2 aromatic rings. The Hall–Kier alpha value is -1.20. The monoisotopic (exact) mass is 263 g/mol. The molecular weight excluding hydrogens is 246 g/mol. The van der Waals surface area contributed by atoms with E-state index in [-0.39, 0.29) is 0 Å². The number of thioether (sulfide) groups is 1. The van der Waals surface area contributed by atoms with Crippen molar-refractivity contribution in [2.24, 2.45) is 0 Å². The minimum atomic E-state index is 0.715. The molecule has 4 nitrogen and oxygen atoms in total. The van der Waals surface area contributed by atoms with Crippen molar-refractivity contribution in [3.8, 4) is 0 Å². The number of benzene rings is 1. The number of rotatable bonds is 4. The third-order valence-corrected chi connectivity index (χ3v) is 4.03. The number of oxazole rings is 1. The summed E-state index contributed by atoms with van der Waals surface area (Å²) in [6, 6.07) is 5.58. The van der Waals surface area contributed by atoms with Gasteiger partial charge in [0.1, 0.15) is 5.52 Å². The molecule has 0 unspecified atom stereocenters. The maximum atomic E-state index is 5.71. The van der Waals surface area contributed by atoms with E-state index in [9.17, 15) is 0 Å². The van der Waals surface area contributed by atoms with E-state index in [4.69, 9.17) is 10.2 Å². The van der Waals surface area contributed by atoms with Crippen molar-refractivity contribution >= 4 is 28.5 Å². The van der Waals surface area contributed by atoms with Crippen LogP contribution in [0.25, 0.3) is 11.1 Å². The first-order valence-electron chi connectivity index (χ1n) is 6.32. The molecule has 1 fully saturated rings. The number of nitrogens with zero attached hydrogens (tertiary/aromatic N) is 2. The van der Waals surface area contributed by atoms with Crippen molar-refractivity contribution in [1.82, 2.24) is 9.88 Å². The van der Waals surface area contributed by atoms with Crippen molar-refractivity contribution in [1.29, 1.82) is 0 Å². The highest BCUT2D eigenvalue weighted by Crippen LogP contribution is 2.25. The molecule has 3 rings (SSSR count). The summed E-state index contributed by atoms with van der Waals surface area (Å²) in [7, 11) is 0. The van der Waals surface area contributed by atoms with Crippen LogP contribution in [0.4, 0.5) is 5.69 Å². The third kappa shape index (κ3) is 2.62. The molecule has 1 aromatic carbocycles. The number of nitrogens with two attached hydrogens (primary N) is 1. The Labute approximate surface area is 111 Å². The Morgan fingerprint density at radius 1 is 1.33 bits per heavy atom. The molecule has 18 heavy (non-hydrogen) atoms. The normalized spacial score (nSPS) is 16.7. The molecule has 0 aliphatic carbocycles. The van der Waals surface area contributed by atoms with E-state index >= 15 is 0 Å². The van der Waals surface area contributed by atoms with Crippen LogP contribution >= 0.6 is 11.8 Å². The topological polar surface area (TPSA) is 55.3 Å². The lowest BCUT2D eigenvalue weighted by molar-refractivity contribution is 0.361. The Balaban J connectivity index is 1.60. The van der Waals surface area contributed by atoms with Crippen LogP contribution in [0, 0.1) is 0 Å². The van der Waals surface area contributed by atoms with Crippen molar-refractivity contribution in [2.75, 3.05) is 31.1 Å². The van der Waals surface area contributed by atoms with E-state index in [1.165, 1.54) is 25.9 Å². The molecule has 2 heterocycles. The highest BCUT2D eigenvalue weighted by Gasteiger charge is 2.12. The van der Waals surface area contributed by atoms with E-state index in [1.807, 2.05) is 18.2 Å². The van der Waals surface area contributed by atoms with Crippen LogP contribution < -0.4 is 5.73 Å². The van der Waals surface area contributed by atoms with E-state index < -0.39 is 0 Å². The quantitative estimate of drug-likeness (QED) is 0.678. The van der Waals surface area contributed by atoms with E-state index in [0.717, 1.165) is 28.6 Å². The summed E-state index contributed by atoms with van der Waals surface area (Å²) in [5.74, 6) is 1.03. The third-order valence-electron chi connectivity index (χ3n) is 3.22. The Morgan fingerprint density at radius 2 is 2.17 bits per heavy atom. The van der Waals surface area contributed by atoms with Gasteiger partial charge in [-0.2, -0.15) is 0 Å². The van der Waals surface area contributed by atoms with Gasteiger partial charge in [-0.15, -0.1) is 0 Å². The molecule has 0 amide bonds. The number of aromatic nitrogens is 1. The second-order valence-electron chi connectivity index (χ2n) is 4.60. The lowest BCUT2D eigenvalue weighted by Gasteiger charge is -2.12. The minimum Gasteiger partial charge on any atom is -0.431 e. The fourth-order valence-electron chi connectivity index (χ4n) is 2.25. The largest absolute Gasteiger partial charge is 0.431 e. The van der Waals surface area contributed by atoms with Gasteiger partial charge in [-0.25, -0.2) is 4.98 Å². The molecule has 0 bridgehead atoms. The molecule has 0 saturated carbocycles. The fraction of sp³-hybridized carbons (Fsp3) is 0.462. The smallest absolute Gasteiger partial charge is 0.256 e. The van der Waals surface area contributed by atoms with Crippen molar-refractivity contribution < 1.29 is 4.42 Å². The SMILES string of the molecule is Nc1ccc2nc(SCCN3CCCC3)oc2c1. The van der Waals surface area contributed by atoms with E-state index in [2.05, 4.69) is 9.88 Å². The van der Waals surface area contributed by atoms with Crippen LogP contribution in [-0.2, 0) is 0 Å². The van der Waals surface area contributed by atoms with Gasteiger partial charge in [0.15, 0.2) is 5.58 Å². The molecule has 1 saturated heterocycles. The molecular formula is C13H17N3OS. The van der Waals surface area contributed by atoms with Crippen molar-refractivity contribution in [3.63, 3.8) is 0 Å². The predicted molar refractivity (Wildman–Crippen MR) is 74.8 cm³/mol. The highest BCUT2D eigenvalue weighted by atomic mass is 32.2. The minimum absolute atomic E-state index is 0.715. The lowest BCUT2D eigenvalue weighted by atomic mass is 10.3. The van der Waals surface area contributed by atoms with E-state index in [0.29, 0.717) is 5.69 Å². The van der Waals surface area contributed by atoms with Gasteiger partial charge in [0.05, 0.1) is 0 Å². The summed E-state index contributed by atoms with van der Waals surface area (Å²) < 4.78 is 5.67. The fourth-order valence-corrected chi connectivity index (χ4v) is 3.09. The number of nitrogen functional groups attached to an aromatic ring is 1. The number of hydrogen-bond donors (Lipinski definition) is 1. The van der Waals surface area contributed by atoms with Gasteiger partial charge in [0, 0.05) is 24.1 Å². The van der Waals surface area contributed by atoms with Gasteiger partial charge in [0.2, 0.25) is 0 Å². The van der Waals surface area contributed by atoms with Crippen LogP contribution in [-0.4, -0.2) is 35.3 Å². The zero-order chi connectivity index (χ0) is 12.4. The second-order valence-corrected chi connectivity index (χ2v) is 5.65. The maximum Gasteiger partial charge on any atom is 0.256 e. The summed E-state index contributed by atoms with van der Waals surface area (Å²) in [4.78, 5) is 6.93.